The number of benzene rings is 3. The lowest BCUT2D eigenvalue weighted by Gasteiger charge is -2.36. The van der Waals surface area contributed by atoms with Crippen LogP contribution in [-0.4, -0.2) is 43.6 Å². The van der Waals surface area contributed by atoms with Crippen LogP contribution in [0, 0.1) is 5.82 Å². The summed E-state index contributed by atoms with van der Waals surface area (Å²) in [5, 5.41) is 0. The molecule has 32 heavy (non-hydrogen) atoms. The molecule has 0 radical (unpaired) electrons. The number of carbonyl (C=O) groups is 1. The number of rotatable bonds is 7. The fraction of sp³-hybridized carbons (Fsp3) is 0.269. The number of thioether (sulfide) groups is 1. The van der Waals surface area contributed by atoms with Crippen LogP contribution in [0.3, 0.4) is 0 Å². The topological polar surface area (TPSA) is 32.8 Å². The van der Waals surface area contributed by atoms with Crippen molar-refractivity contribution in [3.05, 3.63) is 89.7 Å². The predicted molar refractivity (Wildman–Crippen MR) is 128 cm³/mol. The average molecular weight is 451 g/mol. The second-order valence-corrected chi connectivity index (χ2v) is 8.66. The summed E-state index contributed by atoms with van der Waals surface area (Å²) in [7, 11) is 0. The first-order valence-electron chi connectivity index (χ1n) is 10.9. The fourth-order valence-corrected chi connectivity index (χ4v) is 4.70. The Morgan fingerprint density at radius 2 is 1.69 bits per heavy atom. The highest BCUT2D eigenvalue weighted by molar-refractivity contribution is 7.98. The van der Waals surface area contributed by atoms with Crippen LogP contribution in [0.5, 0.6) is 5.75 Å². The number of nitrogens with zero attached hydrogens (tertiary/aromatic N) is 2. The van der Waals surface area contributed by atoms with Gasteiger partial charge in [0.25, 0.3) is 5.91 Å². The molecule has 0 bridgehead atoms. The minimum Gasteiger partial charge on any atom is -0.494 e. The van der Waals surface area contributed by atoms with Gasteiger partial charge < -0.3 is 14.5 Å². The fourth-order valence-electron chi connectivity index (χ4n) is 3.80. The van der Waals surface area contributed by atoms with Gasteiger partial charge >= 0.3 is 0 Å². The van der Waals surface area contributed by atoms with Crippen molar-refractivity contribution in [3.63, 3.8) is 0 Å². The molecule has 0 aliphatic carbocycles. The molecule has 3 aromatic rings. The zero-order valence-corrected chi connectivity index (χ0v) is 19.0. The number of hydrogen-bond donors (Lipinski definition) is 0. The van der Waals surface area contributed by atoms with E-state index in [9.17, 15) is 9.18 Å². The molecule has 1 amide bonds. The SMILES string of the molecule is CCOc1ccc(C(=O)N2CCN(c3ccc(F)cc3)CC2)cc1CSc1ccccc1. The minimum absolute atomic E-state index is 0.0396. The van der Waals surface area contributed by atoms with E-state index in [-0.39, 0.29) is 11.7 Å². The molecule has 0 aromatic heterocycles. The van der Waals surface area contributed by atoms with Gasteiger partial charge in [0.05, 0.1) is 6.61 Å². The van der Waals surface area contributed by atoms with Crippen molar-refractivity contribution >= 4 is 23.4 Å². The third-order valence-corrected chi connectivity index (χ3v) is 6.56. The molecule has 0 spiro atoms. The molecule has 1 aliphatic heterocycles. The van der Waals surface area contributed by atoms with E-state index in [1.165, 1.54) is 17.0 Å². The van der Waals surface area contributed by atoms with Crippen molar-refractivity contribution in [1.29, 1.82) is 0 Å². The first-order valence-corrected chi connectivity index (χ1v) is 11.9. The van der Waals surface area contributed by atoms with Gasteiger partial charge in [-0.15, -0.1) is 11.8 Å². The molecule has 6 heteroatoms. The van der Waals surface area contributed by atoms with Crippen molar-refractivity contribution in [2.24, 2.45) is 0 Å². The van der Waals surface area contributed by atoms with Crippen LogP contribution in [-0.2, 0) is 5.75 Å². The number of ether oxygens (including phenoxy) is 1. The number of amides is 1. The third kappa shape index (κ3) is 5.43. The van der Waals surface area contributed by atoms with E-state index < -0.39 is 0 Å². The molecule has 4 rings (SSSR count). The zero-order valence-electron chi connectivity index (χ0n) is 18.2. The second-order valence-electron chi connectivity index (χ2n) is 7.61. The van der Waals surface area contributed by atoms with Gasteiger partial charge in [0, 0.05) is 53.6 Å². The van der Waals surface area contributed by atoms with E-state index in [0.29, 0.717) is 25.3 Å². The molecule has 1 fully saturated rings. The Hall–Kier alpha value is -2.99. The van der Waals surface area contributed by atoms with Crippen molar-refractivity contribution in [1.82, 2.24) is 4.90 Å². The van der Waals surface area contributed by atoms with Crippen LogP contribution in [0.25, 0.3) is 0 Å². The van der Waals surface area contributed by atoms with Crippen molar-refractivity contribution in [2.75, 3.05) is 37.7 Å². The largest absolute Gasteiger partial charge is 0.494 e. The van der Waals surface area contributed by atoms with Gasteiger partial charge in [0.15, 0.2) is 0 Å². The summed E-state index contributed by atoms with van der Waals surface area (Å²) in [5.74, 6) is 1.37. The van der Waals surface area contributed by atoms with Crippen LogP contribution in [0.2, 0.25) is 0 Å². The Balaban J connectivity index is 1.43. The number of carbonyl (C=O) groups excluding carboxylic acids is 1. The van der Waals surface area contributed by atoms with Gasteiger partial charge in [0.2, 0.25) is 0 Å². The Labute approximate surface area is 193 Å². The van der Waals surface area contributed by atoms with Gasteiger partial charge in [-0.3, -0.25) is 4.79 Å². The molecular weight excluding hydrogens is 423 g/mol. The number of hydrogen-bond acceptors (Lipinski definition) is 4. The Morgan fingerprint density at radius 3 is 2.38 bits per heavy atom. The molecule has 0 saturated carbocycles. The Morgan fingerprint density at radius 1 is 0.969 bits per heavy atom. The normalized spacial score (nSPS) is 13.8. The molecule has 4 nitrogen and oxygen atoms in total. The molecule has 166 valence electrons. The standard InChI is InChI=1S/C26H27FN2O2S/c1-2-31-25-13-8-20(18-21(25)19-32-24-6-4-3-5-7-24)26(30)29-16-14-28(15-17-29)23-11-9-22(27)10-12-23/h3-13,18H,2,14-17,19H2,1H3. The van der Waals surface area contributed by atoms with E-state index in [0.717, 1.165) is 35.8 Å². The van der Waals surface area contributed by atoms with Gasteiger partial charge in [-0.25, -0.2) is 4.39 Å². The number of piperazine rings is 1. The summed E-state index contributed by atoms with van der Waals surface area (Å²) in [6, 6.07) is 22.5. The molecule has 0 unspecified atom stereocenters. The Kier molecular flexibility index (Phi) is 7.32. The van der Waals surface area contributed by atoms with Gasteiger partial charge in [-0.2, -0.15) is 0 Å². The molecule has 3 aromatic carbocycles. The highest BCUT2D eigenvalue weighted by Gasteiger charge is 2.23. The van der Waals surface area contributed by atoms with Crippen LogP contribution < -0.4 is 9.64 Å². The molecule has 1 heterocycles. The van der Waals surface area contributed by atoms with E-state index in [2.05, 4.69) is 17.0 Å². The summed E-state index contributed by atoms with van der Waals surface area (Å²) in [4.78, 5) is 18.5. The summed E-state index contributed by atoms with van der Waals surface area (Å²) in [6.07, 6.45) is 0. The van der Waals surface area contributed by atoms with Crippen molar-refractivity contribution in [3.8, 4) is 5.75 Å². The number of halogens is 1. The van der Waals surface area contributed by atoms with Crippen LogP contribution in [0.15, 0.2) is 77.7 Å². The lowest BCUT2D eigenvalue weighted by Crippen LogP contribution is -2.48. The van der Waals surface area contributed by atoms with E-state index in [4.69, 9.17) is 4.74 Å². The van der Waals surface area contributed by atoms with Gasteiger partial charge in [-0.05, 0) is 61.5 Å². The van der Waals surface area contributed by atoms with Crippen LogP contribution >= 0.6 is 11.8 Å². The zero-order chi connectivity index (χ0) is 22.3. The highest BCUT2D eigenvalue weighted by Crippen LogP contribution is 2.29. The summed E-state index contributed by atoms with van der Waals surface area (Å²) < 4.78 is 19.0. The summed E-state index contributed by atoms with van der Waals surface area (Å²) in [5.41, 5.74) is 2.70. The molecule has 1 aliphatic rings. The summed E-state index contributed by atoms with van der Waals surface area (Å²) in [6.45, 7) is 5.28. The van der Waals surface area contributed by atoms with Crippen LogP contribution in [0.4, 0.5) is 10.1 Å². The lowest BCUT2D eigenvalue weighted by atomic mass is 10.1. The summed E-state index contributed by atoms with van der Waals surface area (Å²) >= 11 is 1.73. The minimum atomic E-state index is -0.237. The predicted octanol–water partition coefficient (Wildman–Crippen LogP) is 5.48. The quantitative estimate of drug-likeness (QED) is 0.446. The number of anilines is 1. The van der Waals surface area contributed by atoms with Crippen molar-refractivity contribution < 1.29 is 13.9 Å². The maximum absolute atomic E-state index is 13.2. The van der Waals surface area contributed by atoms with Crippen LogP contribution in [0.1, 0.15) is 22.8 Å². The molecule has 1 saturated heterocycles. The second kappa shape index (κ2) is 10.6. The molecular formula is C26H27FN2O2S. The smallest absolute Gasteiger partial charge is 0.253 e. The first kappa shape index (κ1) is 22.2. The van der Waals surface area contributed by atoms with Gasteiger partial charge in [0.1, 0.15) is 11.6 Å². The average Bonchev–Trinajstić information content (AvgIpc) is 2.84. The lowest BCUT2D eigenvalue weighted by molar-refractivity contribution is 0.0746. The maximum atomic E-state index is 13.2. The maximum Gasteiger partial charge on any atom is 0.253 e. The highest BCUT2D eigenvalue weighted by atomic mass is 32.2. The van der Waals surface area contributed by atoms with Gasteiger partial charge in [-0.1, -0.05) is 18.2 Å². The first-order chi connectivity index (χ1) is 15.6. The Bertz CT molecular complexity index is 1040. The van der Waals surface area contributed by atoms with E-state index in [1.807, 2.05) is 48.2 Å². The van der Waals surface area contributed by atoms with E-state index >= 15 is 0 Å². The monoisotopic (exact) mass is 450 g/mol. The molecule has 0 atom stereocenters. The molecule has 0 N–H and O–H groups in total. The third-order valence-electron chi connectivity index (χ3n) is 5.50. The van der Waals surface area contributed by atoms with E-state index in [1.54, 1.807) is 23.9 Å². The van der Waals surface area contributed by atoms with Crippen molar-refractivity contribution in [2.45, 2.75) is 17.6 Å².